The van der Waals surface area contributed by atoms with Crippen molar-refractivity contribution in [1.82, 2.24) is 9.97 Å². The minimum atomic E-state index is -1.05. The minimum Gasteiger partial charge on any atom is -0.490 e. The Balaban J connectivity index is 1.79. The molecule has 0 unspecified atom stereocenters. The Kier molecular flexibility index (Phi) is 8.73. The van der Waals surface area contributed by atoms with Crippen molar-refractivity contribution in [2.75, 3.05) is 7.11 Å². The Morgan fingerprint density at radius 3 is 2.12 bits per heavy atom. The van der Waals surface area contributed by atoms with E-state index >= 15 is 0 Å². The summed E-state index contributed by atoms with van der Waals surface area (Å²) in [6.45, 7) is 3.55. The lowest BCUT2D eigenvalue weighted by Gasteiger charge is -2.05. The summed E-state index contributed by atoms with van der Waals surface area (Å²) in [7, 11) is 1.37. The maximum Gasteiger partial charge on any atom is 0.331 e. The van der Waals surface area contributed by atoms with E-state index in [-0.39, 0.29) is 28.9 Å². The van der Waals surface area contributed by atoms with Gasteiger partial charge in [-0.25, -0.2) is 14.6 Å². The fourth-order valence-electron chi connectivity index (χ4n) is 4.10. The molecule has 0 amide bonds. The summed E-state index contributed by atoms with van der Waals surface area (Å²) in [6, 6.07) is 19.2. The lowest BCUT2D eigenvalue weighted by atomic mass is 10.0. The monoisotopic (exact) mass is 553 g/mol. The molecule has 1 heterocycles. The van der Waals surface area contributed by atoms with Crippen LogP contribution >= 0.6 is 0 Å². The first kappa shape index (κ1) is 28.5. The number of para-hydroxylation sites is 1. The Morgan fingerprint density at radius 2 is 1.56 bits per heavy atom. The summed E-state index contributed by atoms with van der Waals surface area (Å²) >= 11 is 0. The van der Waals surface area contributed by atoms with Crippen molar-refractivity contribution in [2.24, 2.45) is 0 Å². The number of carboxylic acids is 1. The number of nitrogens with one attached hydrogen (secondary N) is 1. The molecule has 3 aromatic carbocycles. The van der Waals surface area contributed by atoms with Crippen LogP contribution in [-0.2, 0) is 14.3 Å². The third kappa shape index (κ3) is 6.93. The largest absolute Gasteiger partial charge is 0.490 e. The van der Waals surface area contributed by atoms with E-state index < -0.39 is 16.9 Å². The van der Waals surface area contributed by atoms with Crippen molar-refractivity contribution in [3.05, 3.63) is 100 Å². The lowest BCUT2D eigenvalue weighted by molar-refractivity contribution is -0.385. The van der Waals surface area contributed by atoms with Crippen LogP contribution in [0.25, 0.3) is 46.1 Å². The zero-order valence-electron chi connectivity index (χ0n) is 22.5. The molecule has 0 bridgehead atoms. The first-order valence-electron chi connectivity index (χ1n) is 12.6. The number of nitro benzene ring substituents is 1. The van der Waals surface area contributed by atoms with Crippen LogP contribution in [0.3, 0.4) is 0 Å². The van der Waals surface area contributed by atoms with Gasteiger partial charge in [0, 0.05) is 23.3 Å². The maximum atomic E-state index is 12.0. The molecule has 41 heavy (non-hydrogen) atoms. The van der Waals surface area contributed by atoms with Gasteiger partial charge >= 0.3 is 17.6 Å². The summed E-state index contributed by atoms with van der Waals surface area (Å²) in [5.74, 6) is -1.11. The molecule has 208 valence electrons. The molecule has 0 spiro atoms. The summed E-state index contributed by atoms with van der Waals surface area (Å²) in [4.78, 5) is 42.2. The van der Waals surface area contributed by atoms with Crippen molar-refractivity contribution in [2.45, 2.75) is 20.0 Å². The number of H-pyrrole nitrogens is 1. The van der Waals surface area contributed by atoms with E-state index in [1.54, 1.807) is 56.3 Å². The summed E-state index contributed by atoms with van der Waals surface area (Å²) in [6.07, 6.45) is 5.32. The quantitative estimate of drug-likeness (QED) is 0.0994. The normalized spacial score (nSPS) is 11.3. The van der Waals surface area contributed by atoms with Crippen LogP contribution in [0.4, 0.5) is 5.69 Å². The lowest BCUT2D eigenvalue weighted by Crippen LogP contribution is -2.08. The van der Waals surface area contributed by atoms with Crippen LogP contribution in [0.2, 0.25) is 0 Å². The molecule has 0 aliphatic rings. The number of aromatic nitrogens is 2. The Morgan fingerprint density at radius 1 is 0.951 bits per heavy atom. The van der Waals surface area contributed by atoms with Gasteiger partial charge in [0.1, 0.15) is 5.82 Å². The second kappa shape index (κ2) is 12.6. The number of hydrogen-bond donors (Lipinski definition) is 2. The Labute approximate surface area is 235 Å². The van der Waals surface area contributed by atoms with E-state index in [1.807, 2.05) is 24.3 Å². The first-order valence-corrected chi connectivity index (χ1v) is 12.6. The molecule has 0 fully saturated rings. The Hall–Kier alpha value is -5.51. The van der Waals surface area contributed by atoms with E-state index in [0.717, 1.165) is 17.2 Å². The van der Waals surface area contributed by atoms with Crippen LogP contribution in [0.1, 0.15) is 25.0 Å². The van der Waals surface area contributed by atoms with Gasteiger partial charge in [-0.2, -0.15) is 0 Å². The number of carbonyl (C=O) groups is 2. The average Bonchev–Trinajstić information content (AvgIpc) is 3.40. The van der Waals surface area contributed by atoms with Gasteiger partial charge < -0.3 is 19.6 Å². The molecule has 1 aromatic heterocycles. The van der Waals surface area contributed by atoms with E-state index in [1.165, 1.54) is 25.3 Å². The summed E-state index contributed by atoms with van der Waals surface area (Å²) in [5, 5.41) is 20.9. The summed E-state index contributed by atoms with van der Waals surface area (Å²) < 4.78 is 10.4. The fourth-order valence-corrected chi connectivity index (χ4v) is 4.10. The van der Waals surface area contributed by atoms with Gasteiger partial charge in [-0.15, -0.1) is 0 Å². The fraction of sp³-hybridized carbons (Fsp3) is 0.129. The van der Waals surface area contributed by atoms with Crippen molar-refractivity contribution >= 4 is 29.8 Å². The topological polar surface area (TPSA) is 145 Å². The number of carbonyl (C=O) groups excluding carboxylic acids is 1. The van der Waals surface area contributed by atoms with Crippen LogP contribution in [-0.4, -0.2) is 45.2 Å². The molecule has 0 saturated heterocycles. The number of ether oxygens (including phenoxy) is 2. The molecule has 4 rings (SSSR count). The highest BCUT2D eigenvalue weighted by atomic mass is 16.6. The zero-order chi connectivity index (χ0) is 29.5. The highest BCUT2D eigenvalue weighted by Gasteiger charge is 2.25. The predicted octanol–water partition coefficient (Wildman–Crippen LogP) is 6.39. The van der Waals surface area contributed by atoms with E-state index in [4.69, 9.17) is 19.6 Å². The molecule has 0 aliphatic carbocycles. The number of carboxylic acid groups (broad SMARTS) is 1. The number of esters is 1. The molecule has 0 atom stereocenters. The number of methoxy groups -OCH3 is 1. The van der Waals surface area contributed by atoms with E-state index in [0.29, 0.717) is 22.5 Å². The number of hydrogen-bond acceptors (Lipinski definition) is 7. The van der Waals surface area contributed by atoms with E-state index in [2.05, 4.69) is 4.98 Å². The minimum absolute atomic E-state index is 0.105. The zero-order valence-corrected chi connectivity index (χ0v) is 22.5. The molecule has 0 saturated carbocycles. The number of rotatable bonds is 10. The van der Waals surface area contributed by atoms with Gasteiger partial charge in [0.05, 0.1) is 35.1 Å². The van der Waals surface area contributed by atoms with Crippen molar-refractivity contribution in [3.8, 4) is 39.7 Å². The second-order valence-corrected chi connectivity index (χ2v) is 9.16. The van der Waals surface area contributed by atoms with Gasteiger partial charge in [-0.1, -0.05) is 54.6 Å². The highest BCUT2D eigenvalue weighted by Crippen LogP contribution is 2.39. The van der Waals surface area contributed by atoms with Crippen LogP contribution in [0, 0.1) is 10.1 Å². The second-order valence-electron chi connectivity index (χ2n) is 9.16. The highest BCUT2D eigenvalue weighted by molar-refractivity contribution is 5.88. The SMILES string of the molecule is COc1cccc(-c2nc(-c3ccc(C=CC(=O)O)cc3)c(-c3ccc(C=CC(=O)OC(C)C)cc3)[nH]2)c1[N+](=O)[O-]. The van der Waals surface area contributed by atoms with Gasteiger partial charge in [0.15, 0.2) is 5.75 Å². The third-order valence-electron chi connectivity index (χ3n) is 5.93. The predicted molar refractivity (Wildman–Crippen MR) is 155 cm³/mol. The number of nitro groups is 1. The average molecular weight is 554 g/mol. The van der Waals surface area contributed by atoms with Gasteiger partial charge in [-0.3, -0.25) is 10.1 Å². The summed E-state index contributed by atoms with van der Waals surface area (Å²) in [5.41, 5.74) is 4.10. The van der Waals surface area contributed by atoms with Crippen LogP contribution in [0.15, 0.2) is 78.9 Å². The number of aromatic amines is 1. The van der Waals surface area contributed by atoms with Crippen molar-refractivity contribution in [1.29, 1.82) is 0 Å². The van der Waals surface area contributed by atoms with E-state index in [9.17, 15) is 19.7 Å². The van der Waals surface area contributed by atoms with Crippen LogP contribution in [0.5, 0.6) is 5.75 Å². The molecule has 2 N–H and O–H groups in total. The first-order chi connectivity index (χ1) is 19.7. The van der Waals surface area contributed by atoms with Crippen molar-refractivity contribution < 1.29 is 29.1 Å². The number of nitrogens with zero attached hydrogens (tertiary/aromatic N) is 2. The van der Waals surface area contributed by atoms with Gasteiger partial charge in [-0.05, 0) is 49.3 Å². The third-order valence-corrected chi connectivity index (χ3v) is 5.93. The molecule has 0 aliphatic heterocycles. The van der Waals surface area contributed by atoms with Crippen molar-refractivity contribution in [3.63, 3.8) is 0 Å². The smallest absolute Gasteiger partial charge is 0.331 e. The standard InChI is InChI=1S/C31H27N3O7/c1-19(2)41-27(37)18-12-21-9-15-23(16-10-21)29-28(22-13-7-20(8-14-22)11-17-26(35)36)32-31(33-29)24-5-4-6-25(40-3)30(24)34(38)39/h4-19H,1-3H3,(H,32,33)(H,35,36). The molecular formula is C31H27N3O7. The molecule has 10 heteroatoms. The number of aliphatic carboxylic acids is 1. The van der Waals surface area contributed by atoms with Crippen LogP contribution < -0.4 is 4.74 Å². The van der Waals surface area contributed by atoms with Gasteiger partial charge in [0.25, 0.3) is 0 Å². The molecule has 10 nitrogen and oxygen atoms in total. The molecule has 4 aromatic rings. The maximum absolute atomic E-state index is 12.0. The molecular weight excluding hydrogens is 526 g/mol. The van der Waals surface area contributed by atoms with Gasteiger partial charge in [0.2, 0.25) is 0 Å². The number of imidazole rings is 1. The number of benzene rings is 3. The Bertz CT molecular complexity index is 1630. The molecule has 0 radical (unpaired) electrons.